The van der Waals surface area contributed by atoms with Crippen LogP contribution in [0.1, 0.15) is 65.0 Å². The lowest BCUT2D eigenvalue weighted by Gasteiger charge is -2.21. The van der Waals surface area contributed by atoms with Gasteiger partial charge in [0, 0.05) is 29.4 Å². The number of carbonyl (C=O) groups excluding carboxylic acids is 1. The van der Waals surface area contributed by atoms with E-state index >= 15 is 0 Å². The Morgan fingerprint density at radius 3 is 2.76 bits per heavy atom. The minimum Gasteiger partial charge on any atom is -0.357 e. The number of aromatic nitrogens is 3. The molecule has 0 fully saturated rings. The zero-order valence-electron chi connectivity index (χ0n) is 15.2. The Morgan fingerprint density at radius 1 is 1.32 bits per heavy atom. The van der Waals surface area contributed by atoms with Crippen LogP contribution in [-0.2, 0) is 0 Å². The number of nitrogens with zero attached hydrogens (tertiary/aromatic N) is 2. The first-order valence-corrected chi connectivity index (χ1v) is 9.63. The van der Waals surface area contributed by atoms with Crippen LogP contribution in [0.5, 0.6) is 0 Å². The van der Waals surface area contributed by atoms with Crippen LogP contribution in [0.4, 0.5) is 0 Å². The van der Waals surface area contributed by atoms with E-state index in [1.165, 1.54) is 0 Å². The number of nitrogens with one attached hydrogen (secondary N) is 2. The standard InChI is InChI=1S/C19H24N4OS/c1-6-13-9-20-18(24)14-8-15(22-17(13)14)10(3)16-11(4)21-12(5)19(23-16)25-7-2/h8,13,22H,3,6-7,9H2,1-2,4-5H3,(H,20,24). The number of aromatic amines is 1. The highest BCUT2D eigenvalue weighted by Gasteiger charge is 2.27. The van der Waals surface area contributed by atoms with Crippen LogP contribution in [0.3, 0.4) is 0 Å². The number of fused-ring (bicyclic) bond motifs is 1. The lowest BCUT2D eigenvalue weighted by atomic mass is 9.95. The summed E-state index contributed by atoms with van der Waals surface area (Å²) < 4.78 is 0. The zero-order valence-corrected chi connectivity index (χ0v) is 16.0. The van der Waals surface area contributed by atoms with E-state index in [1.54, 1.807) is 11.8 Å². The fourth-order valence-electron chi connectivity index (χ4n) is 3.21. The molecule has 1 unspecified atom stereocenters. The first kappa shape index (κ1) is 17.7. The van der Waals surface area contributed by atoms with Gasteiger partial charge in [-0.15, -0.1) is 11.8 Å². The maximum Gasteiger partial charge on any atom is 0.253 e. The number of H-pyrrole nitrogens is 1. The third-order valence-corrected chi connectivity index (χ3v) is 5.54. The summed E-state index contributed by atoms with van der Waals surface area (Å²) in [5.41, 5.74) is 5.92. The first-order chi connectivity index (χ1) is 12.0. The molecule has 1 aliphatic rings. The second-order valence-electron chi connectivity index (χ2n) is 6.29. The van der Waals surface area contributed by atoms with Crippen molar-refractivity contribution in [3.05, 3.63) is 46.7 Å². The molecule has 0 aromatic carbocycles. The molecule has 0 aliphatic carbocycles. The fraction of sp³-hybridized carbons (Fsp3) is 0.421. The molecular weight excluding hydrogens is 332 g/mol. The summed E-state index contributed by atoms with van der Waals surface area (Å²) in [5.74, 6) is 1.23. The van der Waals surface area contributed by atoms with Gasteiger partial charge in [0.15, 0.2) is 0 Å². The molecule has 1 aliphatic heterocycles. The molecule has 2 aromatic rings. The molecule has 0 saturated heterocycles. The summed E-state index contributed by atoms with van der Waals surface area (Å²) in [6.45, 7) is 13.1. The number of hydrogen-bond acceptors (Lipinski definition) is 4. The van der Waals surface area contributed by atoms with E-state index in [4.69, 9.17) is 4.98 Å². The quantitative estimate of drug-likeness (QED) is 0.799. The first-order valence-electron chi connectivity index (χ1n) is 8.65. The van der Waals surface area contributed by atoms with Crippen molar-refractivity contribution in [3.63, 3.8) is 0 Å². The van der Waals surface area contributed by atoms with Crippen LogP contribution >= 0.6 is 11.8 Å². The smallest absolute Gasteiger partial charge is 0.253 e. The van der Waals surface area contributed by atoms with Gasteiger partial charge < -0.3 is 10.3 Å². The lowest BCUT2D eigenvalue weighted by Crippen LogP contribution is -2.34. The molecule has 6 heteroatoms. The molecular formula is C19H24N4OS. The SMILES string of the molecule is C=C(c1cc2c([nH]1)C(CC)CNC2=O)c1nc(SCC)c(C)nc1C. The third kappa shape index (κ3) is 3.23. The van der Waals surface area contributed by atoms with Crippen LogP contribution in [0, 0.1) is 13.8 Å². The van der Waals surface area contributed by atoms with Gasteiger partial charge in [0.05, 0.1) is 22.6 Å². The predicted octanol–water partition coefficient (Wildman–Crippen LogP) is 3.83. The van der Waals surface area contributed by atoms with Crippen molar-refractivity contribution >= 4 is 23.2 Å². The van der Waals surface area contributed by atoms with Crippen molar-refractivity contribution in [3.8, 4) is 0 Å². The number of hydrogen-bond donors (Lipinski definition) is 2. The topological polar surface area (TPSA) is 70.7 Å². The van der Waals surface area contributed by atoms with Gasteiger partial charge in [-0.25, -0.2) is 4.98 Å². The Kier molecular flexibility index (Phi) is 4.99. The van der Waals surface area contributed by atoms with Crippen LogP contribution < -0.4 is 5.32 Å². The van der Waals surface area contributed by atoms with Crippen molar-refractivity contribution < 1.29 is 4.79 Å². The molecule has 2 N–H and O–H groups in total. The summed E-state index contributed by atoms with van der Waals surface area (Å²) in [6.07, 6.45) is 0.973. The summed E-state index contributed by atoms with van der Waals surface area (Å²) in [7, 11) is 0. The van der Waals surface area contributed by atoms with E-state index in [2.05, 4.69) is 35.7 Å². The van der Waals surface area contributed by atoms with Crippen LogP contribution in [-0.4, -0.2) is 33.2 Å². The number of carbonyl (C=O) groups is 1. The molecule has 1 amide bonds. The Bertz CT molecular complexity index is 840. The molecule has 25 heavy (non-hydrogen) atoms. The summed E-state index contributed by atoms with van der Waals surface area (Å²) >= 11 is 1.68. The fourth-order valence-corrected chi connectivity index (χ4v) is 3.89. The highest BCUT2D eigenvalue weighted by molar-refractivity contribution is 7.99. The number of amides is 1. The van der Waals surface area contributed by atoms with Crippen LogP contribution in [0.2, 0.25) is 0 Å². The van der Waals surface area contributed by atoms with Crippen molar-refractivity contribution in [2.75, 3.05) is 12.3 Å². The lowest BCUT2D eigenvalue weighted by molar-refractivity contribution is 0.0939. The van der Waals surface area contributed by atoms with Crippen molar-refractivity contribution in [1.82, 2.24) is 20.3 Å². The van der Waals surface area contributed by atoms with Gasteiger partial charge in [-0.3, -0.25) is 9.78 Å². The van der Waals surface area contributed by atoms with Crippen LogP contribution in [0.25, 0.3) is 5.57 Å². The highest BCUT2D eigenvalue weighted by Crippen LogP contribution is 2.31. The van der Waals surface area contributed by atoms with Gasteiger partial charge >= 0.3 is 0 Å². The molecule has 2 aromatic heterocycles. The number of rotatable bonds is 5. The maximum absolute atomic E-state index is 12.2. The van der Waals surface area contributed by atoms with Gasteiger partial charge in [-0.2, -0.15) is 0 Å². The van der Waals surface area contributed by atoms with Crippen molar-refractivity contribution in [1.29, 1.82) is 0 Å². The second-order valence-corrected chi connectivity index (χ2v) is 7.54. The predicted molar refractivity (Wildman–Crippen MR) is 102 cm³/mol. The Balaban J connectivity index is 2.02. The molecule has 0 spiro atoms. The summed E-state index contributed by atoms with van der Waals surface area (Å²) in [5, 5.41) is 3.89. The molecule has 0 bridgehead atoms. The van der Waals surface area contributed by atoms with Gasteiger partial charge in [0.1, 0.15) is 5.03 Å². The van der Waals surface area contributed by atoms with E-state index in [1.807, 2.05) is 19.9 Å². The van der Waals surface area contributed by atoms with Gasteiger partial charge in [0.2, 0.25) is 0 Å². The molecule has 3 rings (SSSR count). The average Bonchev–Trinajstić information content (AvgIpc) is 3.03. The van der Waals surface area contributed by atoms with E-state index < -0.39 is 0 Å². The normalized spacial score (nSPS) is 16.5. The minimum atomic E-state index is -0.0241. The summed E-state index contributed by atoms with van der Waals surface area (Å²) in [6, 6.07) is 1.89. The highest BCUT2D eigenvalue weighted by atomic mass is 32.2. The van der Waals surface area contributed by atoms with E-state index in [0.29, 0.717) is 12.5 Å². The van der Waals surface area contributed by atoms with Crippen molar-refractivity contribution in [2.45, 2.75) is 45.1 Å². The van der Waals surface area contributed by atoms with Gasteiger partial charge in [-0.05, 0) is 32.1 Å². The third-order valence-electron chi connectivity index (χ3n) is 4.60. The van der Waals surface area contributed by atoms with E-state index in [0.717, 1.165) is 56.8 Å². The van der Waals surface area contributed by atoms with Crippen molar-refractivity contribution in [2.24, 2.45) is 0 Å². The van der Waals surface area contributed by atoms with Gasteiger partial charge in [-0.1, -0.05) is 20.4 Å². The molecule has 1 atom stereocenters. The second kappa shape index (κ2) is 7.04. The minimum absolute atomic E-state index is 0.0241. The molecule has 132 valence electrons. The maximum atomic E-state index is 12.2. The van der Waals surface area contributed by atoms with E-state index in [-0.39, 0.29) is 5.91 Å². The molecule has 0 radical (unpaired) electrons. The Labute approximate surface area is 152 Å². The molecule has 0 saturated carbocycles. The van der Waals surface area contributed by atoms with Gasteiger partial charge in [0.25, 0.3) is 5.91 Å². The largest absolute Gasteiger partial charge is 0.357 e. The molecule has 3 heterocycles. The van der Waals surface area contributed by atoms with E-state index in [9.17, 15) is 4.79 Å². The number of thioether (sulfide) groups is 1. The number of aryl methyl sites for hydroxylation is 2. The molecule has 5 nitrogen and oxygen atoms in total. The Morgan fingerprint density at radius 2 is 2.08 bits per heavy atom. The monoisotopic (exact) mass is 356 g/mol. The van der Waals surface area contributed by atoms with Crippen LogP contribution in [0.15, 0.2) is 17.7 Å². The average molecular weight is 356 g/mol. The summed E-state index contributed by atoms with van der Waals surface area (Å²) in [4.78, 5) is 25.0. The zero-order chi connectivity index (χ0) is 18.1. The Hall–Kier alpha value is -2.08.